The second-order valence-corrected chi connectivity index (χ2v) is 17.7. The van der Waals surface area contributed by atoms with Gasteiger partial charge in [0, 0.05) is 5.41 Å². The summed E-state index contributed by atoms with van der Waals surface area (Å²) in [6, 6.07) is 0. The molecule has 0 aromatic carbocycles. The van der Waals surface area contributed by atoms with E-state index in [0.717, 1.165) is 44.9 Å². The molecule has 0 radical (unpaired) electrons. The topological polar surface area (TPSA) is 146 Å². The highest BCUT2D eigenvalue weighted by molar-refractivity contribution is 5.78. The van der Waals surface area contributed by atoms with Gasteiger partial charge in [0.1, 0.15) is 18.3 Å². The Morgan fingerprint density at radius 3 is 2.27 bits per heavy atom. The van der Waals surface area contributed by atoms with Gasteiger partial charge in [-0.2, -0.15) is 0 Å². The number of rotatable bonds is 4. The van der Waals surface area contributed by atoms with Crippen LogP contribution in [-0.4, -0.2) is 74.9 Å². The molecule has 6 rings (SSSR count). The van der Waals surface area contributed by atoms with Gasteiger partial charge >= 0.3 is 5.97 Å². The van der Waals surface area contributed by atoms with Gasteiger partial charge < -0.3 is 30.3 Å². The van der Waals surface area contributed by atoms with Gasteiger partial charge in [-0.3, -0.25) is 4.89 Å². The average molecular weight is 635 g/mol. The van der Waals surface area contributed by atoms with Crippen LogP contribution in [0.3, 0.4) is 0 Å². The summed E-state index contributed by atoms with van der Waals surface area (Å²) in [7, 11) is 0. The van der Waals surface area contributed by atoms with Crippen molar-refractivity contribution < 1.29 is 44.8 Å². The van der Waals surface area contributed by atoms with E-state index in [1.165, 1.54) is 5.57 Å². The first-order chi connectivity index (χ1) is 20.9. The molecule has 5 fully saturated rings. The molecule has 5 N–H and O–H groups in total. The maximum atomic E-state index is 14.2. The normalized spacial score (nSPS) is 54.0. The summed E-state index contributed by atoms with van der Waals surface area (Å²) in [5, 5.41) is 52.3. The third-order valence-corrected chi connectivity index (χ3v) is 15.2. The van der Waals surface area contributed by atoms with Gasteiger partial charge in [-0.25, -0.2) is 4.79 Å². The molecule has 14 atom stereocenters. The van der Waals surface area contributed by atoms with E-state index in [0.29, 0.717) is 25.2 Å². The highest BCUT2D eigenvalue weighted by Gasteiger charge is 2.70. The number of hydrogen-bond acceptors (Lipinski definition) is 9. The molecule has 9 heteroatoms. The van der Waals surface area contributed by atoms with Gasteiger partial charge in [-0.15, -0.1) is 4.89 Å². The quantitative estimate of drug-likeness (QED) is 0.172. The molecular weight excluding hydrogens is 576 g/mol. The molecule has 0 amide bonds. The van der Waals surface area contributed by atoms with Gasteiger partial charge in [-0.05, 0) is 111 Å². The van der Waals surface area contributed by atoms with Gasteiger partial charge in [0.2, 0.25) is 6.29 Å². The third-order valence-electron chi connectivity index (χ3n) is 15.2. The first-order valence-corrected chi connectivity index (χ1v) is 17.5. The molecule has 1 heterocycles. The lowest BCUT2D eigenvalue weighted by Crippen LogP contribution is -2.66. The first kappa shape index (κ1) is 33.8. The smallest absolute Gasteiger partial charge is 0.349 e. The Hall–Kier alpha value is -1.07. The van der Waals surface area contributed by atoms with E-state index in [-0.39, 0.29) is 40.1 Å². The van der Waals surface area contributed by atoms with Crippen LogP contribution in [0.2, 0.25) is 0 Å². The second-order valence-electron chi connectivity index (χ2n) is 17.7. The SMILES string of the molecule is C[C@H]1OC(OOC(=O)[C@]23CCC(C)(C)CC2C2=CCC4[C@@]5(C)CC[C@H](O)[C@@](C)(CO)C5CC[C@@]4(C)[C@]2(C)CC3)[C@@H](O)[C@@H](O)[C@@H]1O. The summed E-state index contributed by atoms with van der Waals surface area (Å²) < 4.78 is 5.54. The van der Waals surface area contributed by atoms with Crippen LogP contribution in [0.5, 0.6) is 0 Å². The van der Waals surface area contributed by atoms with Crippen molar-refractivity contribution in [1.82, 2.24) is 0 Å². The maximum Gasteiger partial charge on any atom is 0.349 e. The third kappa shape index (κ3) is 4.68. The van der Waals surface area contributed by atoms with Crippen molar-refractivity contribution in [2.45, 2.75) is 149 Å². The van der Waals surface area contributed by atoms with E-state index in [1.807, 2.05) is 0 Å². The zero-order chi connectivity index (χ0) is 33.0. The molecule has 4 unspecified atom stereocenters. The van der Waals surface area contributed by atoms with Crippen molar-refractivity contribution in [1.29, 1.82) is 0 Å². The summed E-state index contributed by atoms with van der Waals surface area (Å²) >= 11 is 0. The maximum absolute atomic E-state index is 14.2. The molecule has 5 aliphatic carbocycles. The number of ether oxygens (including phenoxy) is 1. The van der Waals surface area contributed by atoms with Crippen LogP contribution in [0, 0.1) is 50.2 Å². The number of aliphatic hydroxyl groups excluding tert-OH is 5. The minimum Gasteiger partial charge on any atom is -0.396 e. The Bertz CT molecular complexity index is 1200. The van der Waals surface area contributed by atoms with Gasteiger partial charge in [-0.1, -0.05) is 53.2 Å². The van der Waals surface area contributed by atoms with Crippen LogP contribution >= 0.6 is 0 Å². The highest BCUT2D eigenvalue weighted by atomic mass is 17.2. The summed E-state index contributed by atoms with van der Waals surface area (Å²) in [6.07, 6.45) is 4.01. The van der Waals surface area contributed by atoms with Crippen molar-refractivity contribution in [3.05, 3.63) is 11.6 Å². The van der Waals surface area contributed by atoms with Crippen molar-refractivity contribution in [3.8, 4) is 0 Å². The van der Waals surface area contributed by atoms with Crippen LogP contribution in [0.15, 0.2) is 11.6 Å². The van der Waals surface area contributed by atoms with Crippen LogP contribution in [0.4, 0.5) is 0 Å². The molecule has 0 bridgehead atoms. The molecule has 0 spiro atoms. The van der Waals surface area contributed by atoms with E-state index in [2.05, 4.69) is 47.6 Å². The fourth-order valence-corrected chi connectivity index (χ4v) is 11.9. The van der Waals surface area contributed by atoms with E-state index in [4.69, 9.17) is 14.5 Å². The fourth-order valence-electron chi connectivity index (χ4n) is 11.9. The van der Waals surface area contributed by atoms with Crippen LogP contribution in [-0.2, 0) is 19.3 Å². The Morgan fingerprint density at radius 1 is 0.889 bits per heavy atom. The number of carbonyl (C=O) groups excluding carboxylic acids is 1. The predicted octanol–water partition coefficient (Wildman–Crippen LogP) is 4.42. The average Bonchev–Trinajstić information content (AvgIpc) is 2.99. The van der Waals surface area contributed by atoms with Crippen molar-refractivity contribution in [2.24, 2.45) is 50.2 Å². The molecular formula is C36H58O9. The van der Waals surface area contributed by atoms with Crippen LogP contribution in [0.1, 0.15) is 113 Å². The van der Waals surface area contributed by atoms with E-state index in [1.54, 1.807) is 6.92 Å². The molecule has 0 aromatic heterocycles. The first-order valence-electron chi connectivity index (χ1n) is 17.5. The summed E-state index contributed by atoms with van der Waals surface area (Å²) in [5.41, 5.74) is 0.0488. The van der Waals surface area contributed by atoms with E-state index >= 15 is 0 Å². The zero-order valence-corrected chi connectivity index (χ0v) is 28.4. The Balaban J connectivity index is 1.31. The van der Waals surface area contributed by atoms with Crippen LogP contribution in [0.25, 0.3) is 0 Å². The number of carbonyl (C=O) groups is 1. The standard InChI is InChI=1S/C36H58O9/c1-20-26(39)27(40)28(41)29(43-20)44-45-30(42)36-16-14-31(2,3)18-22(36)21-8-9-24-32(4)12-11-25(38)33(5,19-37)23(32)10-13-35(24,7)34(21,6)15-17-36/h8,20,22-29,37-41H,9-19H2,1-7H3/t20-,22?,23?,24?,25+,26-,27+,28+,29?,32+,33+,34-,35-,36+/m1/s1. The Labute approximate surface area is 268 Å². The monoisotopic (exact) mass is 634 g/mol. The fraction of sp³-hybridized carbons (Fsp3) is 0.917. The van der Waals surface area contributed by atoms with Crippen LogP contribution < -0.4 is 0 Å². The van der Waals surface area contributed by atoms with Gasteiger partial charge in [0.05, 0.1) is 24.2 Å². The molecule has 256 valence electrons. The van der Waals surface area contributed by atoms with Crippen molar-refractivity contribution in [2.75, 3.05) is 6.61 Å². The minimum absolute atomic E-state index is 0.00144. The Kier molecular flexibility index (Phi) is 8.25. The summed E-state index contributed by atoms with van der Waals surface area (Å²) in [4.78, 5) is 25.1. The molecule has 0 aromatic rings. The molecule has 4 saturated carbocycles. The number of hydrogen-bond donors (Lipinski definition) is 5. The van der Waals surface area contributed by atoms with Crippen molar-refractivity contribution in [3.63, 3.8) is 0 Å². The van der Waals surface area contributed by atoms with Gasteiger partial charge in [0.25, 0.3) is 0 Å². The molecule has 1 aliphatic heterocycles. The highest BCUT2D eigenvalue weighted by Crippen LogP contribution is 2.75. The Morgan fingerprint density at radius 2 is 1.58 bits per heavy atom. The molecule has 9 nitrogen and oxygen atoms in total. The number of allylic oxidation sites excluding steroid dienone is 2. The molecule has 45 heavy (non-hydrogen) atoms. The summed E-state index contributed by atoms with van der Waals surface area (Å²) in [5.74, 6) is 0.194. The lowest BCUT2D eigenvalue weighted by Gasteiger charge is -2.71. The van der Waals surface area contributed by atoms with E-state index in [9.17, 15) is 30.3 Å². The minimum atomic E-state index is -1.56. The molecule has 1 saturated heterocycles. The largest absolute Gasteiger partial charge is 0.396 e. The number of fused-ring (bicyclic) bond motifs is 7. The van der Waals surface area contributed by atoms with Crippen molar-refractivity contribution >= 4 is 5.97 Å². The predicted molar refractivity (Wildman–Crippen MR) is 166 cm³/mol. The zero-order valence-electron chi connectivity index (χ0n) is 28.4. The van der Waals surface area contributed by atoms with E-state index < -0.39 is 53.6 Å². The number of aliphatic hydroxyl groups is 5. The lowest BCUT2D eigenvalue weighted by atomic mass is 9.33. The molecule has 6 aliphatic rings. The second kappa shape index (κ2) is 11.0. The lowest BCUT2D eigenvalue weighted by molar-refractivity contribution is -0.406. The summed E-state index contributed by atoms with van der Waals surface area (Å²) in [6.45, 7) is 15.6. The van der Waals surface area contributed by atoms with Gasteiger partial charge in [0.15, 0.2) is 0 Å².